The Bertz CT molecular complexity index is 514. The zero-order valence-electron chi connectivity index (χ0n) is 11.8. The van der Waals surface area contributed by atoms with Gasteiger partial charge in [0.2, 0.25) is 5.91 Å². The maximum absolute atomic E-state index is 12.4. The highest BCUT2D eigenvalue weighted by Crippen LogP contribution is 2.24. The molecule has 0 saturated carbocycles. The molecule has 1 aliphatic heterocycles. The molecule has 1 unspecified atom stereocenters. The molecule has 0 bridgehead atoms. The molecule has 2 N–H and O–H groups in total. The first-order chi connectivity index (χ1) is 10.5. The summed E-state index contributed by atoms with van der Waals surface area (Å²) in [5.74, 6) is 1.83. The number of alkyl halides is 2. The van der Waals surface area contributed by atoms with E-state index < -0.39 is 6.61 Å². The molecule has 0 aromatic heterocycles. The number of thioether (sulfide) groups is 1. The zero-order valence-corrected chi connectivity index (χ0v) is 13.4. The van der Waals surface area contributed by atoms with E-state index in [2.05, 4.69) is 15.4 Å². The fraction of sp³-hybridized carbons (Fsp3) is 0.500. The Hall–Kier alpha value is -1.05. The number of carbonyl (C=O) groups is 1. The average Bonchev–Trinajstić information content (AvgIpc) is 2.48. The minimum atomic E-state index is -2.92. The molecule has 122 valence electrons. The lowest BCUT2D eigenvalue weighted by Gasteiger charge is -2.22. The van der Waals surface area contributed by atoms with Crippen LogP contribution in [0, 0.1) is 0 Å². The van der Waals surface area contributed by atoms with Crippen LogP contribution < -0.4 is 15.4 Å². The summed E-state index contributed by atoms with van der Waals surface area (Å²) in [6.45, 7) is -1.93. The minimum Gasteiger partial charge on any atom is -0.434 e. The number of benzene rings is 1. The van der Waals surface area contributed by atoms with Crippen molar-refractivity contribution in [1.29, 1.82) is 0 Å². The van der Waals surface area contributed by atoms with E-state index >= 15 is 0 Å². The minimum absolute atomic E-state index is 0.0195. The van der Waals surface area contributed by atoms with Crippen LogP contribution in [-0.4, -0.2) is 36.6 Å². The molecule has 22 heavy (non-hydrogen) atoms. The van der Waals surface area contributed by atoms with Crippen LogP contribution in [0.3, 0.4) is 0 Å². The van der Waals surface area contributed by atoms with Gasteiger partial charge in [0.1, 0.15) is 5.75 Å². The Morgan fingerprint density at radius 1 is 1.55 bits per heavy atom. The third-order valence-corrected chi connectivity index (χ3v) is 4.51. The molecule has 0 radical (unpaired) electrons. The summed E-state index contributed by atoms with van der Waals surface area (Å²) in [7, 11) is 0. The normalized spacial score (nSPS) is 18.3. The molecule has 1 aliphatic rings. The van der Waals surface area contributed by atoms with E-state index in [4.69, 9.17) is 11.6 Å². The molecule has 1 saturated heterocycles. The highest BCUT2D eigenvalue weighted by Gasteiger charge is 2.17. The van der Waals surface area contributed by atoms with Crippen LogP contribution in [-0.2, 0) is 11.3 Å². The van der Waals surface area contributed by atoms with Gasteiger partial charge in [-0.25, -0.2) is 0 Å². The van der Waals surface area contributed by atoms with Crippen molar-refractivity contribution in [3.05, 3.63) is 28.8 Å². The van der Waals surface area contributed by atoms with Crippen LogP contribution in [0.25, 0.3) is 0 Å². The lowest BCUT2D eigenvalue weighted by atomic mass is 10.2. The molecule has 1 aromatic carbocycles. The number of halogens is 3. The Kier molecular flexibility index (Phi) is 6.72. The van der Waals surface area contributed by atoms with Gasteiger partial charge in [-0.3, -0.25) is 4.79 Å². The van der Waals surface area contributed by atoms with Crippen LogP contribution >= 0.6 is 23.4 Å². The van der Waals surface area contributed by atoms with E-state index in [1.165, 1.54) is 18.2 Å². The third kappa shape index (κ3) is 5.62. The van der Waals surface area contributed by atoms with Crippen molar-refractivity contribution >= 4 is 29.3 Å². The Labute approximate surface area is 136 Å². The second-order valence-corrected chi connectivity index (χ2v) is 6.42. The predicted molar refractivity (Wildman–Crippen MR) is 83.7 cm³/mol. The Morgan fingerprint density at radius 2 is 2.36 bits per heavy atom. The second-order valence-electron chi connectivity index (χ2n) is 4.84. The quantitative estimate of drug-likeness (QED) is 0.828. The third-order valence-electron chi connectivity index (χ3n) is 3.14. The molecule has 0 aliphatic carbocycles. The van der Waals surface area contributed by atoms with Crippen LogP contribution in [0.5, 0.6) is 5.75 Å². The average molecular weight is 351 g/mol. The lowest BCUT2D eigenvalue weighted by molar-refractivity contribution is -0.121. The van der Waals surface area contributed by atoms with Crippen molar-refractivity contribution in [2.75, 3.05) is 18.1 Å². The molecule has 0 spiro atoms. The van der Waals surface area contributed by atoms with E-state index in [9.17, 15) is 13.6 Å². The first-order valence-corrected chi connectivity index (χ1v) is 8.39. The molecular formula is C14H17ClF2N2O2S. The summed E-state index contributed by atoms with van der Waals surface area (Å²) in [5, 5.41) is 6.38. The molecule has 1 amide bonds. The molecule has 4 nitrogen and oxygen atoms in total. The number of hydrogen-bond donors (Lipinski definition) is 2. The van der Waals surface area contributed by atoms with Gasteiger partial charge in [0, 0.05) is 47.6 Å². The zero-order chi connectivity index (χ0) is 15.9. The van der Waals surface area contributed by atoms with Gasteiger partial charge in [0.15, 0.2) is 0 Å². The highest BCUT2D eigenvalue weighted by atomic mass is 35.5. The van der Waals surface area contributed by atoms with Crippen molar-refractivity contribution in [1.82, 2.24) is 10.6 Å². The van der Waals surface area contributed by atoms with Crippen molar-refractivity contribution < 1.29 is 18.3 Å². The fourth-order valence-corrected chi connectivity index (χ4v) is 3.28. The molecule has 8 heteroatoms. The predicted octanol–water partition coefficient (Wildman–Crippen LogP) is 2.65. The van der Waals surface area contributed by atoms with Gasteiger partial charge in [0.25, 0.3) is 0 Å². The van der Waals surface area contributed by atoms with Crippen molar-refractivity contribution in [3.63, 3.8) is 0 Å². The van der Waals surface area contributed by atoms with Gasteiger partial charge in [0.05, 0.1) is 0 Å². The molecule has 2 rings (SSSR count). The van der Waals surface area contributed by atoms with Gasteiger partial charge < -0.3 is 15.4 Å². The Balaban J connectivity index is 1.89. The lowest BCUT2D eigenvalue weighted by Crippen LogP contribution is -2.41. The summed E-state index contributed by atoms with van der Waals surface area (Å²) in [5.41, 5.74) is 0.423. The first-order valence-electron chi connectivity index (χ1n) is 6.85. The molecular weight excluding hydrogens is 334 g/mol. The van der Waals surface area contributed by atoms with Crippen molar-refractivity contribution in [2.45, 2.75) is 25.6 Å². The largest absolute Gasteiger partial charge is 0.434 e. The van der Waals surface area contributed by atoms with E-state index in [0.29, 0.717) is 17.0 Å². The maximum atomic E-state index is 12.4. The van der Waals surface area contributed by atoms with Crippen molar-refractivity contribution in [2.24, 2.45) is 0 Å². The Morgan fingerprint density at radius 3 is 3.05 bits per heavy atom. The summed E-state index contributed by atoms with van der Waals surface area (Å²) >= 11 is 7.66. The summed E-state index contributed by atoms with van der Waals surface area (Å²) in [6, 6.07) is 4.49. The van der Waals surface area contributed by atoms with Gasteiger partial charge in [-0.05, 0) is 18.2 Å². The SMILES string of the molecule is O=C(CC1CSCCN1)NCc1cc(Cl)ccc1OC(F)F. The number of amides is 1. The number of carbonyl (C=O) groups excluding carboxylic acids is 1. The van der Waals surface area contributed by atoms with Gasteiger partial charge in [-0.15, -0.1) is 0 Å². The van der Waals surface area contributed by atoms with E-state index in [-0.39, 0.29) is 24.2 Å². The summed E-state index contributed by atoms with van der Waals surface area (Å²) in [6.07, 6.45) is 0.360. The number of rotatable bonds is 6. The van der Waals surface area contributed by atoms with Crippen LogP contribution in [0.2, 0.25) is 5.02 Å². The number of hydrogen-bond acceptors (Lipinski definition) is 4. The summed E-state index contributed by atoms with van der Waals surface area (Å²) < 4.78 is 29.1. The van der Waals surface area contributed by atoms with Gasteiger partial charge >= 0.3 is 6.61 Å². The number of nitrogens with one attached hydrogen (secondary N) is 2. The molecule has 1 aromatic rings. The topological polar surface area (TPSA) is 50.4 Å². The first kappa shape index (κ1) is 17.3. The van der Waals surface area contributed by atoms with E-state index in [0.717, 1.165) is 18.1 Å². The van der Waals surface area contributed by atoms with Crippen LogP contribution in [0.4, 0.5) is 8.78 Å². The number of ether oxygens (including phenoxy) is 1. The molecule has 1 fully saturated rings. The molecule has 1 heterocycles. The van der Waals surface area contributed by atoms with Gasteiger partial charge in [-0.1, -0.05) is 11.6 Å². The maximum Gasteiger partial charge on any atom is 0.387 e. The highest BCUT2D eigenvalue weighted by molar-refractivity contribution is 7.99. The smallest absolute Gasteiger partial charge is 0.387 e. The molecule has 1 atom stereocenters. The van der Waals surface area contributed by atoms with E-state index in [1.807, 2.05) is 11.8 Å². The fourth-order valence-electron chi connectivity index (χ4n) is 2.14. The van der Waals surface area contributed by atoms with Gasteiger partial charge in [-0.2, -0.15) is 20.5 Å². The van der Waals surface area contributed by atoms with Crippen LogP contribution in [0.15, 0.2) is 18.2 Å². The standard InChI is InChI=1S/C14H17ClF2N2O2S/c15-10-1-2-12(21-14(16)17)9(5-10)7-19-13(20)6-11-8-22-4-3-18-11/h1-2,5,11,14,18H,3-4,6-8H2,(H,19,20). The summed E-state index contributed by atoms with van der Waals surface area (Å²) in [4.78, 5) is 11.9. The monoisotopic (exact) mass is 350 g/mol. The van der Waals surface area contributed by atoms with Crippen LogP contribution in [0.1, 0.15) is 12.0 Å². The second kappa shape index (κ2) is 8.55. The van der Waals surface area contributed by atoms with E-state index in [1.54, 1.807) is 0 Å². The van der Waals surface area contributed by atoms with Crippen molar-refractivity contribution in [3.8, 4) is 5.75 Å².